The molecule has 0 spiro atoms. The first-order chi connectivity index (χ1) is 20.0. The summed E-state index contributed by atoms with van der Waals surface area (Å²) in [5.74, 6) is 1.13. The fourth-order valence-electron chi connectivity index (χ4n) is 3.86. The SMILES string of the molecule is Cc1ccc2c(Nc3cc(C(=O)Nc4ncc(C)s4)ccc3Oc3ccc(NC(=O)OC(C)(C)C)cc3)ncnc2n1. The lowest BCUT2D eigenvalue weighted by molar-refractivity contribution is 0.0635. The maximum Gasteiger partial charge on any atom is 0.412 e. The number of hydrogen-bond acceptors (Lipinski definition) is 10. The Bertz CT molecular complexity index is 1760. The molecule has 3 heterocycles. The number of nitrogens with one attached hydrogen (secondary N) is 3. The number of ether oxygens (including phenoxy) is 2. The Kier molecular flexibility index (Phi) is 7.98. The van der Waals surface area contributed by atoms with Crippen molar-refractivity contribution >= 4 is 56.7 Å². The van der Waals surface area contributed by atoms with Gasteiger partial charge in [-0.1, -0.05) is 0 Å². The molecule has 5 aromatic rings. The molecule has 0 saturated heterocycles. The van der Waals surface area contributed by atoms with E-state index in [0.29, 0.717) is 50.4 Å². The largest absolute Gasteiger partial charge is 0.455 e. The number of anilines is 4. The second-order valence-electron chi connectivity index (χ2n) is 10.4. The highest BCUT2D eigenvalue weighted by Gasteiger charge is 2.17. The number of aryl methyl sites for hydroxylation is 2. The van der Waals surface area contributed by atoms with Crippen LogP contribution in [0.4, 0.5) is 27.1 Å². The monoisotopic (exact) mass is 583 g/mol. The van der Waals surface area contributed by atoms with Gasteiger partial charge in [-0.2, -0.15) is 0 Å². The van der Waals surface area contributed by atoms with E-state index in [1.54, 1.807) is 69.4 Å². The Balaban J connectivity index is 1.43. The lowest BCUT2D eigenvalue weighted by Crippen LogP contribution is -2.27. The Morgan fingerprint density at radius 1 is 0.905 bits per heavy atom. The first-order valence-electron chi connectivity index (χ1n) is 13.0. The maximum atomic E-state index is 13.1. The van der Waals surface area contributed by atoms with Crippen LogP contribution < -0.4 is 20.7 Å². The highest BCUT2D eigenvalue weighted by molar-refractivity contribution is 7.15. The molecule has 3 aromatic heterocycles. The van der Waals surface area contributed by atoms with Crippen LogP contribution in [0.1, 0.15) is 41.7 Å². The van der Waals surface area contributed by atoms with E-state index in [4.69, 9.17) is 9.47 Å². The number of thiazole rings is 1. The number of aromatic nitrogens is 4. The lowest BCUT2D eigenvalue weighted by atomic mass is 10.1. The van der Waals surface area contributed by atoms with Gasteiger partial charge in [0.1, 0.15) is 23.5 Å². The van der Waals surface area contributed by atoms with E-state index >= 15 is 0 Å². The van der Waals surface area contributed by atoms with Crippen LogP contribution in [0.5, 0.6) is 11.5 Å². The molecule has 0 atom stereocenters. The minimum atomic E-state index is -0.608. The average molecular weight is 584 g/mol. The van der Waals surface area contributed by atoms with Crippen molar-refractivity contribution in [2.24, 2.45) is 0 Å². The molecular formula is C30H29N7O4S. The Hall–Kier alpha value is -5.10. The van der Waals surface area contributed by atoms with E-state index in [0.717, 1.165) is 10.6 Å². The number of amides is 2. The molecule has 42 heavy (non-hydrogen) atoms. The topological polar surface area (TPSA) is 140 Å². The predicted octanol–water partition coefficient (Wildman–Crippen LogP) is 7.23. The van der Waals surface area contributed by atoms with Crippen molar-refractivity contribution in [1.82, 2.24) is 19.9 Å². The molecule has 5 rings (SSSR count). The summed E-state index contributed by atoms with van der Waals surface area (Å²) >= 11 is 1.39. The normalized spacial score (nSPS) is 11.2. The number of pyridine rings is 1. The first-order valence-corrected chi connectivity index (χ1v) is 13.9. The van der Waals surface area contributed by atoms with Gasteiger partial charge in [0.15, 0.2) is 16.5 Å². The van der Waals surface area contributed by atoms with Crippen LogP contribution in [-0.4, -0.2) is 37.5 Å². The third kappa shape index (κ3) is 7.15. The third-order valence-electron chi connectivity index (χ3n) is 5.70. The van der Waals surface area contributed by atoms with Gasteiger partial charge in [0.25, 0.3) is 5.91 Å². The van der Waals surface area contributed by atoms with Crippen LogP contribution in [0, 0.1) is 13.8 Å². The smallest absolute Gasteiger partial charge is 0.412 e. The molecule has 0 aliphatic carbocycles. The second-order valence-corrected chi connectivity index (χ2v) is 11.6. The van der Waals surface area contributed by atoms with Crippen molar-refractivity contribution < 1.29 is 19.1 Å². The molecule has 0 radical (unpaired) electrons. The molecule has 0 bridgehead atoms. The highest BCUT2D eigenvalue weighted by Crippen LogP contribution is 2.34. The van der Waals surface area contributed by atoms with E-state index in [-0.39, 0.29) is 5.91 Å². The van der Waals surface area contributed by atoms with Crippen LogP contribution in [0.25, 0.3) is 11.0 Å². The molecule has 0 saturated carbocycles. The summed E-state index contributed by atoms with van der Waals surface area (Å²) in [5.41, 5.74) is 2.20. The molecular weight excluding hydrogens is 554 g/mol. The van der Waals surface area contributed by atoms with E-state index in [1.807, 2.05) is 26.0 Å². The molecule has 3 N–H and O–H groups in total. The average Bonchev–Trinajstić information content (AvgIpc) is 3.33. The van der Waals surface area contributed by atoms with Gasteiger partial charge >= 0.3 is 6.09 Å². The van der Waals surface area contributed by atoms with Crippen molar-refractivity contribution in [1.29, 1.82) is 0 Å². The molecule has 0 unspecified atom stereocenters. The number of fused-ring (bicyclic) bond motifs is 1. The van der Waals surface area contributed by atoms with Gasteiger partial charge in [-0.15, -0.1) is 11.3 Å². The van der Waals surface area contributed by atoms with E-state index < -0.39 is 11.7 Å². The summed E-state index contributed by atoms with van der Waals surface area (Å²) in [5, 5.41) is 10.0. The van der Waals surface area contributed by atoms with Gasteiger partial charge in [-0.3, -0.25) is 15.4 Å². The lowest BCUT2D eigenvalue weighted by Gasteiger charge is -2.19. The van der Waals surface area contributed by atoms with Crippen molar-refractivity contribution in [3.05, 3.63) is 83.3 Å². The number of rotatable bonds is 7. The first kappa shape index (κ1) is 28.4. The number of nitrogens with zero attached hydrogens (tertiary/aromatic N) is 4. The molecule has 214 valence electrons. The van der Waals surface area contributed by atoms with E-state index in [9.17, 15) is 9.59 Å². The summed E-state index contributed by atoms with van der Waals surface area (Å²) < 4.78 is 11.5. The zero-order chi connectivity index (χ0) is 29.9. The van der Waals surface area contributed by atoms with E-state index in [1.165, 1.54) is 17.7 Å². The molecule has 0 aliphatic rings. The van der Waals surface area contributed by atoms with Gasteiger partial charge in [0.2, 0.25) is 0 Å². The van der Waals surface area contributed by atoms with Crippen LogP contribution in [0.15, 0.2) is 67.1 Å². The molecule has 2 amide bonds. The van der Waals surface area contributed by atoms with Crippen LogP contribution in [0.2, 0.25) is 0 Å². The van der Waals surface area contributed by atoms with Gasteiger partial charge in [0, 0.05) is 28.0 Å². The Morgan fingerprint density at radius 3 is 2.40 bits per heavy atom. The van der Waals surface area contributed by atoms with Crippen molar-refractivity contribution in [2.75, 3.05) is 16.0 Å². The predicted molar refractivity (Wildman–Crippen MR) is 163 cm³/mol. The van der Waals surface area contributed by atoms with Gasteiger partial charge < -0.3 is 14.8 Å². The van der Waals surface area contributed by atoms with Crippen LogP contribution in [-0.2, 0) is 4.74 Å². The molecule has 2 aromatic carbocycles. The van der Waals surface area contributed by atoms with Crippen LogP contribution >= 0.6 is 11.3 Å². The minimum absolute atomic E-state index is 0.318. The van der Waals surface area contributed by atoms with Crippen molar-refractivity contribution in [3.8, 4) is 11.5 Å². The fourth-order valence-corrected chi connectivity index (χ4v) is 4.52. The zero-order valence-electron chi connectivity index (χ0n) is 23.7. The minimum Gasteiger partial charge on any atom is -0.455 e. The quantitative estimate of drug-likeness (QED) is 0.181. The second kappa shape index (κ2) is 11.8. The Morgan fingerprint density at radius 2 is 1.69 bits per heavy atom. The molecule has 11 nitrogen and oxygen atoms in total. The van der Waals surface area contributed by atoms with E-state index in [2.05, 4.69) is 35.9 Å². The highest BCUT2D eigenvalue weighted by atomic mass is 32.1. The van der Waals surface area contributed by atoms with Crippen molar-refractivity contribution in [3.63, 3.8) is 0 Å². The molecule has 12 heteroatoms. The summed E-state index contributed by atoms with van der Waals surface area (Å²) in [6, 6.07) is 15.6. The standard InChI is InChI=1S/C30H29N7O4S/c1-17-6-12-22-25(34-17)32-16-33-26(22)36-23-14-19(27(38)37-28-31-15-18(2)42-28)7-13-24(23)40-21-10-8-20(9-11-21)35-29(39)41-30(3,4)5/h6-16H,1-5H3,(H,35,39)(H,31,37,38)(H,32,33,34,36). The molecule has 0 fully saturated rings. The fraction of sp³-hybridized carbons (Fsp3) is 0.200. The zero-order valence-corrected chi connectivity index (χ0v) is 24.5. The third-order valence-corrected chi connectivity index (χ3v) is 6.53. The summed E-state index contributed by atoms with van der Waals surface area (Å²) in [4.78, 5) is 43.6. The van der Waals surface area contributed by atoms with Crippen LogP contribution in [0.3, 0.4) is 0 Å². The number of carbonyl (C=O) groups excluding carboxylic acids is 2. The van der Waals surface area contributed by atoms with Gasteiger partial charge in [0.05, 0.1) is 11.1 Å². The summed E-state index contributed by atoms with van der Waals surface area (Å²) in [6.45, 7) is 9.20. The van der Waals surface area contributed by atoms with Crippen molar-refractivity contribution in [2.45, 2.75) is 40.2 Å². The summed E-state index contributed by atoms with van der Waals surface area (Å²) in [6.07, 6.45) is 2.58. The van der Waals surface area contributed by atoms with Gasteiger partial charge in [-0.05, 0) is 89.2 Å². The number of benzene rings is 2. The maximum absolute atomic E-state index is 13.1. The Labute approximate surface area is 246 Å². The molecule has 0 aliphatic heterocycles. The summed E-state index contributed by atoms with van der Waals surface area (Å²) in [7, 11) is 0. The number of hydrogen-bond donors (Lipinski definition) is 3. The van der Waals surface area contributed by atoms with Gasteiger partial charge in [-0.25, -0.2) is 24.7 Å². The number of carbonyl (C=O) groups is 2.